The fourth-order valence-electron chi connectivity index (χ4n) is 3.16. The van der Waals surface area contributed by atoms with Crippen LogP contribution in [0.3, 0.4) is 0 Å². The molecule has 0 aromatic rings. The first-order valence-electron chi connectivity index (χ1n) is 9.58. The third kappa shape index (κ3) is 7.82. The van der Waals surface area contributed by atoms with Gasteiger partial charge in [0.2, 0.25) is 35.4 Å². The Morgan fingerprint density at radius 2 is 1.34 bits per heavy atom. The third-order valence-corrected chi connectivity index (χ3v) is 4.64. The number of carbonyl (C=O) groups excluding carboxylic acids is 6. The van der Waals surface area contributed by atoms with E-state index in [2.05, 4.69) is 10.6 Å². The molecular formula is C17H27N7O8. The highest BCUT2D eigenvalue weighted by Gasteiger charge is 2.39. The van der Waals surface area contributed by atoms with Gasteiger partial charge >= 0.3 is 5.97 Å². The van der Waals surface area contributed by atoms with Crippen molar-refractivity contribution in [2.24, 2.45) is 22.9 Å². The Kier molecular flexibility index (Phi) is 9.52. The maximum Gasteiger partial charge on any atom is 0.326 e. The zero-order chi connectivity index (χ0) is 24.6. The highest BCUT2D eigenvalue weighted by molar-refractivity contribution is 5.98. The van der Waals surface area contributed by atoms with Crippen molar-refractivity contribution in [3.63, 3.8) is 0 Å². The molecule has 32 heavy (non-hydrogen) atoms. The minimum atomic E-state index is -1.60. The summed E-state index contributed by atoms with van der Waals surface area (Å²) < 4.78 is 0. The highest BCUT2D eigenvalue weighted by Crippen LogP contribution is 2.19. The first-order valence-corrected chi connectivity index (χ1v) is 9.58. The van der Waals surface area contributed by atoms with E-state index in [4.69, 9.17) is 22.9 Å². The number of hydrogen-bond donors (Lipinski definition) is 7. The average Bonchev–Trinajstić information content (AvgIpc) is 3.15. The van der Waals surface area contributed by atoms with E-state index < -0.39 is 84.8 Å². The number of likely N-dealkylation sites (tertiary alicyclic amines) is 1. The van der Waals surface area contributed by atoms with Crippen molar-refractivity contribution in [3.05, 3.63) is 0 Å². The van der Waals surface area contributed by atoms with Crippen LogP contribution in [0.5, 0.6) is 0 Å². The van der Waals surface area contributed by atoms with Crippen molar-refractivity contribution < 1.29 is 38.7 Å². The summed E-state index contributed by atoms with van der Waals surface area (Å²) in [4.78, 5) is 83.6. The van der Waals surface area contributed by atoms with Crippen molar-refractivity contribution in [1.82, 2.24) is 15.5 Å². The first kappa shape index (κ1) is 26.3. The second kappa shape index (κ2) is 11.6. The van der Waals surface area contributed by atoms with Crippen LogP contribution in [0.15, 0.2) is 0 Å². The normalized spacial score (nSPS) is 18.2. The quantitative estimate of drug-likeness (QED) is 0.147. The van der Waals surface area contributed by atoms with E-state index in [9.17, 15) is 38.7 Å². The summed E-state index contributed by atoms with van der Waals surface area (Å²) in [5.74, 6) is -7.01. The molecule has 0 spiro atoms. The van der Waals surface area contributed by atoms with Gasteiger partial charge in [-0.1, -0.05) is 0 Å². The van der Waals surface area contributed by atoms with Gasteiger partial charge in [-0.25, -0.2) is 4.79 Å². The van der Waals surface area contributed by atoms with Crippen LogP contribution in [0.4, 0.5) is 0 Å². The molecule has 0 radical (unpaired) electrons. The van der Waals surface area contributed by atoms with E-state index in [1.807, 2.05) is 0 Å². The van der Waals surface area contributed by atoms with E-state index >= 15 is 0 Å². The van der Waals surface area contributed by atoms with Crippen LogP contribution in [-0.4, -0.2) is 82.1 Å². The fraction of sp³-hybridized carbons (Fsp3) is 0.588. The van der Waals surface area contributed by atoms with Crippen LogP contribution in [0, 0.1) is 0 Å². The van der Waals surface area contributed by atoms with Gasteiger partial charge < -0.3 is 43.6 Å². The summed E-state index contributed by atoms with van der Waals surface area (Å²) >= 11 is 0. The lowest BCUT2D eigenvalue weighted by Crippen LogP contribution is -2.58. The molecule has 11 N–H and O–H groups in total. The summed E-state index contributed by atoms with van der Waals surface area (Å²) in [6, 6.07) is -5.70. The van der Waals surface area contributed by atoms with Crippen LogP contribution < -0.4 is 33.6 Å². The Morgan fingerprint density at radius 1 is 0.844 bits per heavy atom. The van der Waals surface area contributed by atoms with Gasteiger partial charge in [-0.3, -0.25) is 28.8 Å². The van der Waals surface area contributed by atoms with Gasteiger partial charge in [-0.2, -0.15) is 0 Å². The lowest BCUT2D eigenvalue weighted by molar-refractivity contribution is -0.149. The minimum Gasteiger partial charge on any atom is -0.480 e. The molecule has 4 unspecified atom stereocenters. The number of primary amides is 3. The van der Waals surface area contributed by atoms with Crippen LogP contribution in [0.2, 0.25) is 0 Å². The Morgan fingerprint density at radius 3 is 1.84 bits per heavy atom. The number of hydrogen-bond acceptors (Lipinski definition) is 8. The predicted molar refractivity (Wildman–Crippen MR) is 106 cm³/mol. The van der Waals surface area contributed by atoms with Crippen LogP contribution in [0.25, 0.3) is 0 Å². The van der Waals surface area contributed by atoms with E-state index in [0.717, 1.165) is 4.90 Å². The molecule has 1 fully saturated rings. The molecule has 1 rings (SSSR count). The zero-order valence-corrected chi connectivity index (χ0v) is 17.1. The smallest absolute Gasteiger partial charge is 0.326 e. The molecular weight excluding hydrogens is 430 g/mol. The van der Waals surface area contributed by atoms with E-state index in [1.165, 1.54) is 0 Å². The molecule has 1 aliphatic heterocycles. The van der Waals surface area contributed by atoms with Crippen LogP contribution >= 0.6 is 0 Å². The van der Waals surface area contributed by atoms with Gasteiger partial charge in [0.15, 0.2) is 0 Å². The maximum atomic E-state index is 12.8. The maximum absolute atomic E-state index is 12.8. The highest BCUT2D eigenvalue weighted by atomic mass is 16.4. The van der Waals surface area contributed by atoms with Gasteiger partial charge in [-0.15, -0.1) is 0 Å². The first-order chi connectivity index (χ1) is 14.8. The number of aliphatic carboxylic acids is 1. The van der Waals surface area contributed by atoms with Gasteiger partial charge in [0.25, 0.3) is 0 Å². The molecule has 15 heteroatoms. The van der Waals surface area contributed by atoms with Crippen LogP contribution in [0.1, 0.15) is 32.1 Å². The molecule has 0 aromatic heterocycles. The molecule has 1 aliphatic rings. The van der Waals surface area contributed by atoms with Crippen LogP contribution in [-0.2, 0) is 33.6 Å². The Balaban J connectivity index is 3.02. The standard InChI is InChI=1S/C17H27N7O8/c18-7(4-11(19)25)14(28)22-8(5-12(20)26)15(29)23-9(6-13(21)27)16(30)24-3-1-2-10(24)17(31)32/h7-10H,1-6,18H2,(H2,19,25)(H2,20,26)(H2,21,27)(H,22,28)(H,23,29)(H,31,32). The number of nitrogens with one attached hydrogen (secondary N) is 2. The Labute approximate surface area is 182 Å². The monoisotopic (exact) mass is 457 g/mol. The van der Waals surface area contributed by atoms with Crippen molar-refractivity contribution in [1.29, 1.82) is 0 Å². The molecule has 1 heterocycles. The Bertz CT molecular complexity index is 802. The lowest BCUT2D eigenvalue weighted by Gasteiger charge is -2.28. The second-order valence-electron chi connectivity index (χ2n) is 7.27. The lowest BCUT2D eigenvalue weighted by atomic mass is 10.1. The molecule has 1 saturated heterocycles. The third-order valence-electron chi connectivity index (χ3n) is 4.64. The van der Waals surface area contributed by atoms with Crippen molar-refractivity contribution in [2.75, 3.05) is 6.54 Å². The zero-order valence-electron chi connectivity index (χ0n) is 17.1. The van der Waals surface area contributed by atoms with Crippen molar-refractivity contribution in [2.45, 2.75) is 56.3 Å². The summed E-state index contributed by atoms with van der Waals surface area (Å²) in [5.41, 5.74) is 20.7. The van der Waals surface area contributed by atoms with Crippen molar-refractivity contribution in [3.8, 4) is 0 Å². The van der Waals surface area contributed by atoms with E-state index in [-0.39, 0.29) is 13.0 Å². The summed E-state index contributed by atoms with van der Waals surface area (Å²) in [7, 11) is 0. The summed E-state index contributed by atoms with van der Waals surface area (Å²) in [6.07, 6.45) is -1.30. The van der Waals surface area contributed by atoms with E-state index in [1.54, 1.807) is 0 Å². The second-order valence-corrected chi connectivity index (χ2v) is 7.27. The number of carbonyl (C=O) groups is 7. The number of amides is 6. The minimum absolute atomic E-state index is 0.0877. The summed E-state index contributed by atoms with van der Waals surface area (Å²) in [5, 5.41) is 13.6. The predicted octanol–water partition coefficient (Wildman–Crippen LogP) is -5.01. The average molecular weight is 457 g/mol. The molecule has 4 atom stereocenters. The fourth-order valence-corrected chi connectivity index (χ4v) is 3.16. The molecule has 0 aliphatic carbocycles. The van der Waals surface area contributed by atoms with E-state index in [0.29, 0.717) is 6.42 Å². The molecule has 6 amide bonds. The number of nitrogens with two attached hydrogens (primary N) is 4. The molecule has 0 bridgehead atoms. The summed E-state index contributed by atoms with van der Waals surface area (Å²) in [6.45, 7) is 0.0877. The van der Waals surface area contributed by atoms with Crippen molar-refractivity contribution >= 4 is 41.4 Å². The van der Waals surface area contributed by atoms with Gasteiger partial charge in [0.05, 0.1) is 25.3 Å². The van der Waals surface area contributed by atoms with Gasteiger partial charge in [0, 0.05) is 6.54 Å². The number of carboxylic acid groups (broad SMARTS) is 1. The topological polar surface area (TPSA) is 271 Å². The number of nitrogens with zero attached hydrogens (tertiary/aromatic N) is 1. The number of rotatable bonds is 12. The van der Waals surface area contributed by atoms with Gasteiger partial charge in [-0.05, 0) is 12.8 Å². The van der Waals surface area contributed by atoms with Gasteiger partial charge in [0.1, 0.15) is 18.1 Å². The Hall–Kier alpha value is -3.75. The SMILES string of the molecule is NC(=O)CC(N)C(=O)NC(CC(N)=O)C(=O)NC(CC(N)=O)C(=O)N1CCCC1C(=O)O. The molecule has 178 valence electrons. The molecule has 15 nitrogen and oxygen atoms in total. The molecule has 0 saturated carbocycles. The number of carboxylic acids is 1. The molecule has 0 aromatic carbocycles. The largest absolute Gasteiger partial charge is 0.480 e.